The number of phenols is 1. The molecular weight excluding hydrogens is 1010 g/mol. The van der Waals surface area contributed by atoms with E-state index in [2.05, 4.69) is 52.8 Å². The third-order valence-corrected chi connectivity index (χ3v) is 12.1. The van der Waals surface area contributed by atoms with Crippen molar-refractivity contribution in [1.82, 2.24) is 52.8 Å². The molecule has 16 N–H and O–H groups in total. The second kappa shape index (κ2) is 30.6. The lowest BCUT2D eigenvalue weighted by Crippen LogP contribution is -2.61. The van der Waals surface area contributed by atoms with Gasteiger partial charge < -0.3 is 74.5 Å². The number of fused-ring (bicyclic) bond motifs is 1. The van der Waals surface area contributed by atoms with Crippen LogP contribution in [0, 0.1) is 17.8 Å². The van der Waals surface area contributed by atoms with Gasteiger partial charge in [0.25, 0.3) is 0 Å². The largest absolute Gasteiger partial charge is 0.508 e. The van der Waals surface area contributed by atoms with Gasteiger partial charge in [0.05, 0.1) is 19.0 Å². The number of hydrogen-bond donors (Lipinski definition) is 14. The van der Waals surface area contributed by atoms with Gasteiger partial charge in [-0.15, -0.1) is 0 Å². The maximum Gasteiger partial charge on any atom is 0.326 e. The molecule has 0 radical (unpaired) electrons. The highest BCUT2D eigenvalue weighted by atomic mass is 16.4. The number of phenolic OH excluding ortho intramolecular Hbond substituents is 1. The first kappa shape index (κ1) is 64.2. The van der Waals surface area contributed by atoms with Gasteiger partial charge >= 0.3 is 5.97 Å². The van der Waals surface area contributed by atoms with E-state index in [4.69, 9.17) is 11.5 Å². The van der Waals surface area contributed by atoms with E-state index >= 15 is 0 Å². The number of amides is 10. The highest BCUT2D eigenvalue weighted by Crippen LogP contribution is 2.20. The van der Waals surface area contributed by atoms with E-state index in [0.717, 1.165) is 0 Å². The average molecular weight is 1090 g/mol. The molecule has 10 amide bonds. The van der Waals surface area contributed by atoms with Crippen LogP contribution in [0.25, 0.3) is 10.9 Å². The van der Waals surface area contributed by atoms with Crippen molar-refractivity contribution < 1.29 is 63.0 Å². The van der Waals surface area contributed by atoms with Crippen molar-refractivity contribution >= 4 is 75.9 Å². The zero-order valence-electron chi connectivity index (χ0n) is 45.6. The topological polar surface area (TPSA) is 404 Å². The van der Waals surface area contributed by atoms with Crippen molar-refractivity contribution in [3.8, 4) is 5.75 Å². The molecule has 25 heteroatoms. The number of carbonyl (C=O) groups is 11. The summed E-state index contributed by atoms with van der Waals surface area (Å²) in [5.74, 6) is -10.3. The Morgan fingerprint density at radius 2 is 0.962 bits per heavy atom. The van der Waals surface area contributed by atoms with E-state index in [1.54, 1.807) is 72.0 Å². The van der Waals surface area contributed by atoms with E-state index < -0.39 is 132 Å². The summed E-state index contributed by atoms with van der Waals surface area (Å²) in [6.07, 6.45) is 0.628. The molecule has 0 unspecified atom stereocenters. The van der Waals surface area contributed by atoms with Crippen LogP contribution in [0.15, 0.2) is 54.7 Å². The fourth-order valence-corrected chi connectivity index (χ4v) is 8.06. The summed E-state index contributed by atoms with van der Waals surface area (Å²) in [6, 6.07) is 0.914. The summed E-state index contributed by atoms with van der Waals surface area (Å²) in [5, 5.41) is 43.2. The quantitative estimate of drug-likeness (QED) is 0.0373. The van der Waals surface area contributed by atoms with Gasteiger partial charge in [-0.1, -0.05) is 71.9 Å². The van der Waals surface area contributed by atoms with Gasteiger partial charge in [0.1, 0.15) is 54.1 Å². The van der Waals surface area contributed by atoms with E-state index in [9.17, 15) is 63.0 Å². The molecule has 78 heavy (non-hydrogen) atoms. The third-order valence-electron chi connectivity index (χ3n) is 12.1. The Labute approximate surface area is 453 Å². The molecule has 0 bridgehead atoms. The molecule has 0 aliphatic heterocycles. The first-order chi connectivity index (χ1) is 36.5. The Balaban J connectivity index is 1.93. The Morgan fingerprint density at radius 1 is 0.513 bits per heavy atom. The number of benzene rings is 2. The number of aromatic nitrogens is 1. The summed E-state index contributed by atoms with van der Waals surface area (Å²) in [5.41, 5.74) is 12.8. The van der Waals surface area contributed by atoms with Crippen LogP contribution in [0.2, 0.25) is 0 Å². The van der Waals surface area contributed by atoms with Gasteiger partial charge in [-0.3, -0.25) is 47.9 Å². The van der Waals surface area contributed by atoms with Gasteiger partial charge in [-0.25, -0.2) is 4.79 Å². The van der Waals surface area contributed by atoms with E-state index in [0.29, 0.717) is 22.0 Å². The van der Waals surface area contributed by atoms with Crippen LogP contribution in [0.3, 0.4) is 0 Å². The number of carboxylic acid groups (broad SMARTS) is 1. The van der Waals surface area contributed by atoms with Gasteiger partial charge in [0.2, 0.25) is 59.1 Å². The van der Waals surface area contributed by atoms with Gasteiger partial charge in [0.15, 0.2) is 0 Å². The monoisotopic (exact) mass is 1090 g/mol. The molecule has 25 nitrogen and oxygen atoms in total. The molecule has 9 atom stereocenters. The van der Waals surface area contributed by atoms with Gasteiger partial charge in [0, 0.05) is 29.9 Å². The van der Waals surface area contributed by atoms with Crippen LogP contribution < -0.4 is 59.3 Å². The van der Waals surface area contributed by atoms with Crippen molar-refractivity contribution in [2.75, 3.05) is 6.54 Å². The fourth-order valence-electron chi connectivity index (χ4n) is 8.06. The molecule has 0 saturated carbocycles. The van der Waals surface area contributed by atoms with Crippen LogP contribution in [-0.4, -0.2) is 141 Å². The molecule has 0 spiro atoms. The maximum atomic E-state index is 14.5. The van der Waals surface area contributed by atoms with Crippen LogP contribution in [0.4, 0.5) is 0 Å². The summed E-state index contributed by atoms with van der Waals surface area (Å²) in [4.78, 5) is 150. The number of aromatic amines is 1. The average Bonchev–Trinajstić information content (AvgIpc) is 3.77. The van der Waals surface area contributed by atoms with Gasteiger partial charge in [-0.2, -0.15) is 0 Å². The predicted octanol–water partition coefficient (Wildman–Crippen LogP) is -0.861. The zero-order valence-corrected chi connectivity index (χ0v) is 45.6. The lowest BCUT2D eigenvalue weighted by molar-refractivity contribution is -0.143. The van der Waals surface area contributed by atoms with Crippen molar-refractivity contribution in [2.45, 2.75) is 155 Å². The van der Waals surface area contributed by atoms with Crippen LogP contribution >= 0.6 is 0 Å². The molecule has 0 saturated heterocycles. The lowest BCUT2D eigenvalue weighted by Gasteiger charge is -2.28. The summed E-state index contributed by atoms with van der Waals surface area (Å²) in [7, 11) is 0. The second-order valence-electron chi connectivity index (χ2n) is 20.7. The number of primary amides is 1. The van der Waals surface area contributed by atoms with Crippen LogP contribution in [-0.2, 0) is 65.6 Å². The smallest absolute Gasteiger partial charge is 0.326 e. The second-order valence-corrected chi connectivity index (χ2v) is 20.7. The molecule has 1 aromatic heterocycles. The highest BCUT2D eigenvalue weighted by molar-refractivity contribution is 5.99. The molecule has 1 heterocycles. The fraction of sp³-hybridized carbons (Fsp3) is 0.528. The first-order valence-corrected chi connectivity index (χ1v) is 25.8. The molecule has 0 fully saturated rings. The van der Waals surface area contributed by atoms with Crippen LogP contribution in [0.5, 0.6) is 5.75 Å². The zero-order chi connectivity index (χ0) is 58.6. The Bertz CT molecular complexity index is 2600. The van der Waals surface area contributed by atoms with E-state index in [1.165, 1.54) is 45.0 Å². The van der Waals surface area contributed by atoms with Gasteiger partial charge in [-0.05, 0) is 87.1 Å². The minimum absolute atomic E-state index is 0.0382. The summed E-state index contributed by atoms with van der Waals surface area (Å²) in [6.45, 7) is 14.3. The number of aliphatic carboxylic acids is 1. The molecular formula is C53H78N12O13. The predicted molar refractivity (Wildman–Crippen MR) is 287 cm³/mol. The van der Waals surface area contributed by atoms with Crippen molar-refractivity contribution in [3.05, 3.63) is 65.9 Å². The molecule has 3 aromatic rings. The summed E-state index contributed by atoms with van der Waals surface area (Å²) < 4.78 is 0. The van der Waals surface area contributed by atoms with Crippen molar-refractivity contribution in [1.29, 1.82) is 0 Å². The van der Waals surface area contributed by atoms with Crippen molar-refractivity contribution in [2.24, 2.45) is 29.2 Å². The number of rotatable bonds is 31. The maximum absolute atomic E-state index is 14.5. The Kier molecular flexibility index (Phi) is 25.2. The summed E-state index contributed by atoms with van der Waals surface area (Å²) >= 11 is 0. The minimum Gasteiger partial charge on any atom is -0.508 e. The van der Waals surface area contributed by atoms with Crippen LogP contribution in [0.1, 0.15) is 99.1 Å². The highest BCUT2D eigenvalue weighted by Gasteiger charge is 2.35. The molecule has 428 valence electrons. The number of hydrogen-bond acceptors (Lipinski definition) is 13. The standard InChI is InChI=1S/C53H78N12O13/c1-26(2)18-37(48(72)61-38(19-27(3)4)49(73)65-42(53(77)78)20-28(5)6)62-50(74)39(21-32-14-16-34(66)17-15-32)63-52(76)41(23-43(55)67)64-51(75)40(22-33-24-56-36-13-11-10-12-35(33)36)60-47(71)31(9)58-44(68)25-57-46(70)30(8)59-45(69)29(7)54/h10-17,24,26-31,37-42,56,66H,18-23,25,54H2,1-9H3,(H2,55,67)(H,57,70)(H,58,68)(H,59,69)(H,60,71)(H,61,72)(H,62,74)(H,63,76)(H,64,75)(H,65,73)(H,77,78)/t29-,30-,31-,37-,38-,39-,40-,41-,42-/m0/s1. The third kappa shape index (κ3) is 21.5. The Hall–Kier alpha value is -8.09. The number of H-pyrrole nitrogens is 1. The normalized spacial score (nSPS) is 14.7. The number of carboxylic acids is 1. The number of para-hydroxylation sites is 1. The molecule has 3 rings (SSSR count). The minimum atomic E-state index is -1.77. The Morgan fingerprint density at radius 3 is 1.49 bits per heavy atom. The number of carbonyl (C=O) groups excluding carboxylic acids is 10. The first-order valence-electron chi connectivity index (χ1n) is 25.8. The molecule has 0 aliphatic rings. The molecule has 0 aliphatic carbocycles. The number of nitrogens with one attached hydrogen (secondary N) is 10. The van der Waals surface area contributed by atoms with Crippen molar-refractivity contribution in [3.63, 3.8) is 0 Å². The SMILES string of the molecule is CC(C)C[C@H](NC(=O)[C@H](CC(C)C)NC(=O)[C@H](CC(C)C)NC(=O)[C@H](Cc1ccc(O)cc1)NC(=O)[C@H](CC(N)=O)NC(=O)[C@H](Cc1c[nH]c2ccccc12)NC(=O)[C@H](C)NC(=O)CNC(=O)[C@H](C)NC(=O)[C@H](C)N)C(=O)O. The molecule has 2 aromatic carbocycles. The van der Waals surface area contributed by atoms with E-state index in [-0.39, 0.29) is 55.6 Å². The lowest BCUT2D eigenvalue weighted by atomic mass is 9.98. The number of nitrogens with two attached hydrogens (primary N) is 2. The number of aromatic hydroxyl groups is 1. The van der Waals surface area contributed by atoms with E-state index in [1.807, 2.05) is 0 Å².